The first kappa shape index (κ1) is 19.4. The Morgan fingerprint density at radius 2 is 1.41 bits per heavy atom. The van der Waals surface area contributed by atoms with Crippen molar-refractivity contribution in [3.63, 3.8) is 0 Å². The van der Waals surface area contributed by atoms with Crippen molar-refractivity contribution >= 4 is 40.2 Å². The minimum Gasteiger partial charge on any atom is -0.506 e. The number of benzene rings is 3. The summed E-state index contributed by atoms with van der Waals surface area (Å²) in [5, 5.41) is 41.1. The molecule has 0 amide bonds. The smallest absolute Gasteiger partial charge is 0.199 e. The molecule has 6 heteroatoms. The fourth-order valence-electron chi connectivity index (χ4n) is 3.78. The van der Waals surface area contributed by atoms with Crippen LogP contribution in [0.2, 0.25) is 0 Å². The molecule has 32 heavy (non-hydrogen) atoms. The quantitative estimate of drug-likeness (QED) is 0.268. The number of carbonyl (C=O) groups is 1. The van der Waals surface area contributed by atoms with Crippen LogP contribution >= 0.6 is 0 Å². The molecular weight excluding hydrogens is 406 g/mol. The van der Waals surface area contributed by atoms with Crippen molar-refractivity contribution < 1.29 is 25.2 Å². The Balaban J connectivity index is 1.55. The summed E-state index contributed by atoms with van der Waals surface area (Å²) >= 11 is 0. The molecule has 1 aromatic heterocycles. The molecule has 0 atom stereocenters. The lowest BCUT2D eigenvalue weighted by Gasteiger charge is -2.06. The summed E-state index contributed by atoms with van der Waals surface area (Å²) in [7, 11) is 0. The Morgan fingerprint density at radius 3 is 2.19 bits per heavy atom. The third kappa shape index (κ3) is 3.15. The predicted octanol–water partition coefficient (Wildman–Crippen LogP) is 5.14. The van der Waals surface area contributed by atoms with Crippen LogP contribution in [0.15, 0.2) is 66.7 Å². The number of nitrogens with zero attached hydrogens (tertiary/aromatic N) is 1. The van der Waals surface area contributed by atoms with Crippen LogP contribution in [-0.4, -0.2) is 31.2 Å². The van der Waals surface area contributed by atoms with Gasteiger partial charge in [0, 0.05) is 16.5 Å². The van der Waals surface area contributed by atoms with Gasteiger partial charge in [0.1, 0.15) is 17.2 Å². The van der Waals surface area contributed by atoms with Gasteiger partial charge in [-0.3, -0.25) is 4.79 Å². The lowest BCUT2D eigenvalue weighted by Crippen LogP contribution is -2.01. The van der Waals surface area contributed by atoms with Gasteiger partial charge >= 0.3 is 0 Å². The average molecular weight is 423 g/mol. The molecule has 4 N–H and O–H groups in total. The van der Waals surface area contributed by atoms with Gasteiger partial charge in [0.15, 0.2) is 17.3 Å². The number of ketones is 1. The summed E-state index contributed by atoms with van der Waals surface area (Å²) in [6, 6.07) is 18.2. The van der Waals surface area contributed by atoms with Crippen LogP contribution < -0.4 is 0 Å². The topological polar surface area (TPSA) is 111 Å². The molecule has 5 rings (SSSR count). The normalized spacial score (nSPS) is 13.3. The number of hydrogen-bond acceptors (Lipinski definition) is 6. The Kier molecular flexibility index (Phi) is 4.41. The number of carbonyl (C=O) groups excluding carboxylic acids is 1. The molecule has 0 spiro atoms. The van der Waals surface area contributed by atoms with Gasteiger partial charge in [0.25, 0.3) is 0 Å². The zero-order valence-corrected chi connectivity index (χ0v) is 16.6. The van der Waals surface area contributed by atoms with Crippen LogP contribution in [0.5, 0.6) is 17.2 Å². The van der Waals surface area contributed by atoms with Gasteiger partial charge in [-0.1, -0.05) is 42.5 Å². The number of aromatic hydroxyl groups is 3. The molecule has 1 aliphatic rings. The van der Waals surface area contributed by atoms with E-state index < -0.39 is 5.78 Å². The number of phenolic OH excluding ortho intramolecular Hbond substituents is 2. The Morgan fingerprint density at radius 1 is 0.688 bits per heavy atom. The van der Waals surface area contributed by atoms with E-state index >= 15 is 0 Å². The molecule has 1 heterocycles. The van der Waals surface area contributed by atoms with Gasteiger partial charge in [0.2, 0.25) is 0 Å². The van der Waals surface area contributed by atoms with E-state index in [9.17, 15) is 25.2 Å². The molecule has 0 saturated carbocycles. The Hall–Kier alpha value is -4.58. The number of allylic oxidation sites excluding steroid dienone is 1. The van der Waals surface area contributed by atoms with E-state index in [0.29, 0.717) is 27.8 Å². The van der Waals surface area contributed by atoms with E-state index in [1.165, 1.54) is 18.2 Å². The van der Waals surface area contributed by atoms with E-state index in [4.69, 9.17) is 0 Å². The fraction of sp³-hybridized carbons (Fsp3) is 0. The summed E-state index contributed by atoms with van der Waals surface area (Å²) < 4.78 is 0. The maximum Gasteiger partial charge on any atom is 0.199 e. The van der Waals surface area contributed by atoms with Gasteiger partial charge in [-0.25, -0.2) is 4.98 Å². The largest absolute Gasteiger partial charge is 0.506 e. The SMILES string of the molecule is O=C1C(c2nc3ccccc3cc2O)=C(O)c2cc(/C=C/c3ccc(O)c(O)c3)ccc21. The van der Waals surface area contributed by atoms with Gasteiger partial charge in [-0.05, 0) is 47.5 Å². The maximum absolute atomic E-state index is 13.0. The van der Waals surface area contributed by atoms with Crippen molar-refractivity contribution in [1.82, 2.24) is 4.98 Å². The predicted molar refractivity (Wildman–Crippen MR) is 122 cm³/mol. The number of rotatable bonds is 3. The second kappa shape index (κ2) is 7.28. The molecule has 6 nitrogen and oxygen atoms in total. The molecule has 0 saturated heterocycles. The summed E-state index contributed by atoms with van der Waals surface area (Å²) in [6.45, 7) is 0. The minimum absolute atomic E-state index is 0.0344. The van der Waals surface area contributed by atoms with E-state index in [0.717, 1.165) is 5.39 Å². The van der Waals surface area contributed by atoms with Gasteiger partial charge in [0.05, 0.1) is 11.1 Å². The van der Waals surface area contributed by atoms with Crippen LogP contribution in [0.1, 0.15) is 32.7 Å². The van der Waals surface area contributed by atoms with E-state index in [1.807, 2.05) is 12.1 Å². The molecule has 1 aliphatic carbocycles. The first-order valence-electron chi connectivity index (χ1n) is 9.84. The summed E-state index contributed by atoms with van der Waals surface area (Å²) in [4.78, 5) is 17.4. The highest BCUT2D eigenvalue weighted by Gasteiger charge is 2.33. The minimum atomic E-state index is -0.408. The third-order valence-electron chi connectivity index (χ3n) is 5.42. The number of fused-ring (bicyclic) bond motifs is 2. The highest BCUT2D eigenvalue weighted by atomic mass is 16.3. The van der Waals surface area contributed by atoms with Gasteiger partial charge in [-0.2, -0.15) is 0 Å². The maximum atomic E-state index is 13.0. The van der Waals surface area contributed by atoms with E-state index in [2.05, 4.69) is 4.98 Å². The first-order valence-corrected chi connectivity index (χ1v) is 9.84. The number of pyridine rings is 1. The monoisotopic (exact) mass is 423 g/mol. The average Bonchev–Trinajstić information content (AvgIpc) is 3.03. The molecule has 4 aromatic rings. The molecule has 3 aromatic carbocycles. The third-order valence-corrected chi connectivity index (χ3v) is 5.42. The van der Waals surface area contributed by atoms with E-state index in [-0.39, 0.29) is 34.3 Å². The van der Waals surface area contributed by atoms with Crippen molar-refractivity contribution in [3.05, 3.63) is 94.7 Å². The van der Waals surface area contributed by atoms with Crippen LogP contribution in [0.3, 0.4) is 0 Å². The summed E-state index contributed by atoms with van der Waals surface area (Å²) in [6.07, 6.45) is 3.49. The van der Waals surface area contributed by atoms with Crippen LogP contribution in [0.4, 0.5) is 0 Å². The molecule has 0 fully saturated rings. The van der Waals surface area contributed by atoms with Crippen LogP contribution in [0, 0.1) is 0 Å². The highest BCUT2D eigenvalue weighted by molar-refractivity contribution is 6.39. The molecule has 0 bridgehead atoms. The van der Waals surface area contributed by atoms with Gasteiger partial charge in [-0.15, -0.1) is 0 Å². The molecular formula is C26H17NO5. The lowest BCUT2D eigenvalue weighted by atomic mass is 10.0. The number of aliphatic hydroxyl groups is 1. The zero-order valence-electron chi connectivity index (χ0n) is 16.6. The van der Waals surface area contributed by atoms with Crippen molar-refractivity contribution in [1.29, 1.82) is 0 Å². The molecule has 0 radical (unpaired) electrons. The number of hydrogen-bond donors (Lipinski definition) is 4. The lowest BCUT2D eigenvalue weighted by molar-refractivity contribution is 0.105. The van der Waals surface area contributed by atoms with Gasteiger partial charge < -0.3 is 20.4 Å². The van der Waals surface area contributed by atoms with Crippen molar-refractivity contribution in [3.8, 4) is 17.2 Å². The number of aromatic nitrogens is 1. The zero-order chi connectivity index (χ0) is 22.4. The number of phenols is 2. The van der Waals surface area contributed by atoms with Crippen molar-refractivity contribution in [2.45, 2.75) is 0 Å². The first-order chi connectivity index (χ1) is 15.4. The number of para-hydroxylation sites is 1. The second-order valence-corrected chi connectivity index (χ2v) is 7.49. The van der Waals surface area contributed by atoms with Crippen molar-refractivity contribution in [2.75, 3.05) is 0 Å². The second-order valence-electron chi connectivity index (χ2n) is 7.49. The van der Waals surface area contributed by atoms with Crippen LogP contribution in [-0.2, 0) is 0 Å². The number of Topliss-reactive ketones (excluding diaryl/α,β-unsaturated/α-hetero) is 1. The fourth-order valence-corrected chi connectivity index (χ4v) is 3.78. The highest BCUT2D eigenvalue weighted by Crippen LogP contribution is 2.40. The van der Waals surface area contributed by atoms with Crippen molar-refractivity contribution in [2.24, 2.45) is 0 Å². The molecule has 0 unspecified atom stereocenters. The molecule has 0 aliphatic heterocycles. The molecule has 156 valence electrons. The summed E-state index contributed by atoms with van der Waals surface area (Å²) in [5.74, 6) is -1.25. The Labute approximate surface area is 182 Å². The van der Waals surface area contributed by atoms with Crippen LogP contribution in [0.25, 0.3) is 34.4 Å². The summed E-state index contributed by atoms with van der Waals surface area (Å²) in [5.41, 5.74) is 2.67. The Bertz CT molecular complexity index is 1480. The standard InChI is InChI=1S/C26H17NO5/c28-20-10-8-15(12-21(20)29)6-5-14-7-9-17-18(11-14)26(32)23(25(17)31)24-22(30)13-16-3-1-2-4-19(16)27-24/h1-13,28-30,32H/b6-5+. The number of aliphatic hydroxyl groups excluding tert-OH is 1. The van der Waals surface area contributed by atoms with E-state index in [1.54, 1.807) is 48.6 Å².